The summed E-state index contributed by atoms with van der Waals surface area (Å²) in [5.74, 6) is -0.932. The monoisotopic (exact) mass is 515 g/mol. The minimum absolute atomic E-state index is 0.0693. The van der Waals surface area contributed by atoms with E-state index in [0.717, 1.165) is 6.42 Å². The minimum Gasteiger partial charge on any atom is -0.378 e. The molecule has 0 bridgehead atoms. The molecule has 0 rings (SSSR count). The Hall–Kier alpha value is -2.61. The zero-order valence-electron chi connectivity index (χ0n) is 21.2. The van der Waals surface area contributed by atoms with Crippen LogP contribution in [0.15, 0.2) is 38.0 Å². The first-order chi connectivity index (χ1) is 17.4. The van der Waals surface area contributed by atoms with E-state index < -0.39 is 5.41 Å². The lowest BCUT2D eigenvalue weighted by Gasteiger charge is -2.32. The maximum atomic E-state index is 11.1. The van der Waals surface area contributed by atoms with Crippen LogP contribution in [-0.4, -0.2) is 97.4 Å². The summed E-state index contributed by atoms with van der Waals surface area (Å²) in [6.45, 7) is 15.3. The zero-order valence-corrected chi connectivity index (χ0v) is 21.2. The molecule has 0 heterocycles. The van der Waals surface area contributed by atoms with E-state index in [1.807, 2.05) is 6.92 Å². The van der Waals surface area contributed by atoms with Crippen molar-refractivity contribution in [1.29, 1.82) is 0 Å². The smallest absolute Gasteiger partial charge is 0.245 e. The van der Waals surface area contributed by atoms with Crippen LogP contribution in [0, 0.1) is 5.41 Å². The Bertz CT molecular complexity index is 575. The fourth-order valence-corrected chi connectivity index (χ4v) is 2.45. The Morgan fingerprint density at radius 1 is 0.583 bits per heavy atom. The molecule has 12 nitrogen and oxygen atoms in total. The summed E-state index contributed by atoms with van der Waals surface area (Å²) in [5, 5.41) is 7.54. The van der Waals surface area contributed by atoms with Gasteiger partial charge in [-0.1, -0.05) is 26.7 Å². The van der Waals surface area contributed by atoms with Gasteiger partial charge < -0.3 is 44.4 Å². The highest BCUT2D eigenvalue weighted by Crippen LogP contribution is 2.24. The van der Waals surface area contributed by atoms with Gasteiger partial charge in [0.15, 0.2) is 0 Å². The predicted molar refractivity (Wildman–Crippen MR) is 133 cm³/mol. The molecule has 206 valence electrons. The van der Waals surface area contributed by atoms with Crippen LogP contribution in [0.5, 0.6) is 0 Å². The van der Waals surface area contributed by atoms with Crippen molar-refractivity contribution in [1.82, 2.24) is 16.0 Å². The van der Waals surface area contributed by atoms with E-state index in [1.165, 1.54) is 18.2 Å². The van der Waals surface area contributed by atoms with Crippen LogP contribution >= 0.6 is 0 Å². The van der Waals surface area contributed by atoms with Gasteiger partial charge >= 0.3 is 0 Å². The molecule has 0 aliphatic carbocycles. The topological polar surface area (TPSA) is 143 Å². The molecule has 3 amide bonds. The minimum atomic E-state index is -0.425. The molecule has 3 N–H and O–H groups in total. The van der Waals surface area contributed by atoms with Crippen LogP contribution < -0.4 is 16.0 Å². The van der Waals surface area contributed by atoms with Crippen molar-refractivity contribution in [2.45, 2.75) is 13.3 Å². The van der Waals surface area contributed by atoms with Crippen LogP contribution in [0.3, 0.4) is 0 Å². The Balaban J connectivity index is 4.41. The van der Waals surface area contributed by atoms with Gasteiger partial charge in [-0.2, -0.15) is 0 Å². The first-order valence-electron chi connectivity index (χ1n) is 11.6. The molecule has 12 heteroatoms. The van der Waals surface area contributed by atoms with E-state index in [-0.39, 0.29) is 37.9 Å². The summed E-state index contributed by atoms with van der Waals surface area (Å²) in [5.41, 5.74) is -0.425. The van der Waals surface area contributed by atoms with E-state index >= 15 is 0 Å². The van der Waals surface area contributed by atoms with Crippen molar-refractivity contribution in [3.8, 4) is 0 Å². The van der Waals surface area contributed by atoms with Gasteiger partial charge in [-0.15, -0.1) is 0 Å². The molecule has 0 aliphatic heterocycles. The summed E-state index contributed by atoms with van der Waals surface area (Å²) in [7, 11) is 0. The van der Waals surface area contributed by atoms with Gasteiger partial charge in [0, 0.05) is 5.41 Å². The van der Waals surface area contributed by atoms with Gasteiger partial charge in [-0.3, -0.25) is 14.4 Å². The molecule has 0 radical (unpaired) electrons. The van der Waals surface area contributed by atoms with Gasteiger partial charge in [-0.05, 0) is 24.6 Å². The van der Waals surface area contributed by atoms with Gasteiger partial charge in [0.2, 0.25) is 17.7 Å². The predicted octanol–water partition coefficient (Wildman–Crippen LogP) is 0.262. The molecule has 0 aromatic heterocycles. The number of rotatable bonds is 25. The average molecular weight is 516 g/mol. The number of carbonyl (C=O) groups is 3. The summed E-state index contributed by atoms with van der Waals surface area (Å²) < 4.78 is 33.3. The second-order valence-corrected chi connectivity index (χ2v) is 7.40. The molecule has 0 fully saturated rings. The van der Waals surface area contributed by atoms with Gasteiger partial charge in [0.25, 0.3) is 0 Å². The van der Waals surface area contributed by atoms with Gasteiger partial charge in [0.05, 0.1) is 59.5 Å². The maximum absolute atomic E-state index is 11.1. The number of amides is 3. The van der Waals surface area contributed by atoms with Crippen molar-refractivity contribution in [3.63, 3.8) is 0 Å². The van der Waals surface area contributed by atoms with E-state index in [1.54, 1.807) is 0 Å². The summed E-state index contributed by atoms with van der Waals surface area (Å²) >= 11 is 0. The lowest BCUT2D eigenvalue weighted by atomic mass is 9.88. The summed E-state index contributed by atoms with van der Waals surface area (Å²) in [6, 6.07) is 0. The first-order valence-corrected chi connectivity index (χ1v) is 11.6. The fourth-order valence-electron chi connectivity index (χ4n) is 2.45. The van der Waals surface area contributed by atoms with Crippen molar-refractivity contribution in [2.24, 2.45) is 5.41 Å². The van der Waals surface area contributed by atoms with Crippen LogP contribution in [0.1, 0.15) is 13.3 Å². The third kappa shape index (κ3) is 18.7. The Labute approximate surface area is 213 Å². The van der Waals surface area contributed by atoms with Gasteiger partial charge in [-0.25, -0.2) is 0 Å². The highest BCUT2D eigenvalue weighted by molar-refractivity contribution is 5.87. The Morgan fingerprint density at radius 3 is 1.11 bits per heavy atom. The van der Waals surface area contributed by atoms with Crippen molar-refractivity contribution >= 4 is 17.7 Å². The molecule has 0 aromatic rings. The van der Waals surface area contributed by atoms with Crippen LogP contribution in [0.2, 0.25) is 0 Å². The molecule has 0 spiro atoms. The largest absolute Gasteiger partial charge is 0.378 e. The highest BCUT2D eigenvalue weighted by Gasteiger charge is 2.30. The van der Waals surface area contributed by atoms with E-state index in [9.17, 15) is 14.4 Å². The number of nitrogens with one attached hydrogen (secondary N) is 3. The third-order valence-electron chi connectivity index (χ3n) is 4.69. The summed E-state index contributed by atoms with van der Waals surface area (Å²) in [6.07, 6.45) is 4.22. The second kappa shape index (κ2) is 22.8. The standard InChI is InChI=1S/C24H41N3O9/c1-5-21(28)25-18-34-12-9-31-15-24(8-4,16-32-10-13-35-19-26-22(29)6-2)17-33-11-14-36-20-27-23(30)7-3/h5-7H,1-3,8-20H2,4H3,(H,25,28)(H,26,29)(H,27,30). The summed E-state index contributed by atoms with van der Waals surface area (Å²) in [4.78, 5) is 33.3. The molecule has 0 atom stereocenters. The molecular formula is C24H41N3O9. The molecular weight excluding hydrogens is 474 g/mol. The van der Waals surface area contributed by atoms with E-state index in [2.05, 4.69) is 35.7 Å². The Morgan fingerprint density at radius 2 is 0.861 bits per heavy atom. The number of hydrogen-bond acceptors (Lipinski definition) is 9. The van der Waals surface area contributed by atoms with Gasteiger partial charge in [0.1, 0.15) is 20.2 Å². The van der Waals surface area contributed by atoms with Crippen molar-refractivity contribution in [3.05, 3.63) is 38.0 Å². The molecule has 0 aromatic carbocycles. The molecule has 0 saturated carbocycles. The van der Waals surface area contributed by atoms with E-state index in [0.29, 0.717) is 59.5 Å². The quantitative estimate of drug-likeness (QED) is 0.0886. The number of ether oxygens (including phenoxy) is 6. The first kappa shape index (κ1) is 33.4. The second-order valence-electron chi connectivity index (χ2n) is 7.40. The third-order valence-corrected chi connectivity index (χ3v) is 4.69. The molecule has 36 heavy (non-hydrogen) atoms. The van der Waals surface area contributed by atoms with Crippen molar-refractivity contribution in [2.75, 3.05) is 79.7 Å². The number of hydrogen-bond donors (Lipinski definition) is 3. The van der Waals surface area contributed by atoms with Crippen LogP contribution in [0.4, 0.5) is 0 Å². The lowest BCUT2D eigenvalue weighted by Crippen LogP contribution is -2.38. The Kier molecular flexibility index (Phi) is 21.2. The maximum Gasteiger partial charge on any atom is 0.245 e. The zero-order chi connectivity index (χ0) is 26.9. The SMILES string of the molecule is C=CC(=O)NCOCCOCC(CC)(COCCOCNC(=O)C=C)COCCOCNC(=O)C=C. The molecule has 0 unspecified atom stereocenters. The highest BCUT2D eigenvalue weighted by atomic mass is 16.5. The lowest BCUT2D eigenvalue weighted by molar-refractivity contribution is -0.119. The molecule has 0 saturated heterocycles. The number of carbonyl (C=O) groups excluding carboxylic acids is 3. The fraction of sp³-hybridized carbons (Fsp3) is 0.625. The normalized spacial score (nSPS) is 10.9. The average Bonchev–Trinajstić information content (AvgIpc) is 2.90. The van der Waals surface area contributed by atoms with Crippen molar-refractivity contribution < 1.29 is 42.8 Å². The molecule has 0 aliphatic rings. The van der Waals surface area contributed by atoms with Crippen LogP contribution in [0.25, 0.3) is 0 Å². The van der Waals surface area contributed by atoms with E-state index in [4.69, 9.17) is 28.4 Å². The van der Waals surface area contributed by atoms with Crippen LogP contribution in [-0.2, 0) is 42.8 Å².